The number of Topliss-reactive ketones (excluding diaryl/α,β-unsaturated/α-hetero) is 1. The summed E-state index contributed by atoms with van der Waals surface area (Å²) < 4.78 is 14.5. The minimum Gasteiger partial charge on any atom is -0.491 e. The molecule has 0 radical (unpaired) electrons. The Balaban J connectivity index is 1.85. The summed E-state index contributed by atoms with van der Waals surface area (Å²) in [5.41, 5.74) is 8.02. The molecule has 0 unspecified atom stereocenters. The number of rotatable bonds is 7. The molecule has 0 bridgehead atoms. The Labute approximate surface area is 230 Å². The van der Waals surface area contributed by atoms with Crippen LogP contribution in [0.1, 0.15) is 63.1 Å². The molecule has 7 heteroatoms. The molecular weight excluding hydrogens is 488 g/mol. The topological polar surface area (TPSA) is 69.5 Å². The summed E-state index contributed by atoms with van der Waals surface area (Å²) in [5.74, 6) is 1.23. The summed E-state index contributed by atoms with van der Waals surface area (Å²) in [6.07, 6.45) is 2.72. The lowest BCUT2D eigenvalue weighted by Crippen LogP contribution is -2.31. The van der Waals surface area contributed by atoms with Gasteiger partial charge < -0.3 is 18.9 Å². The molecule has 0 spiro atoms. The molecule has 4 aromatic rings. The van der Waals surface area contributed by atoms with Crippen LogP contribution in [0.2, 0.25) is 0 Å². The summed E-state index contributed by atoms with van der Waals surface area (Å²) in [5, 5.41) is 1.10. The van der Waals surface area contributed by atoms with Crippen LogP contribution in [0.15, 0.2) is 42.7 Å². The van der Waals surface area contributed by atoms with Gasteiger partial charge in [-0.2, -0.15) is 0 Å². The van der Waals surface area contributed by atoms with Crippen molar-refractivity contribution in [2.24, 2.45) is 0 Å². The van der Waals surface area contributed by atoms with Crippen molar-refractivity contribution in [2.45, 2.75) is 73.6 Å². The maximum Gasteiger partial charge on any atom is 0.230 e. The van der Waals surface area contributed by atoms with E-state index in [0.29, 0.717) is 24.8 Å². The van der Waals surface area contributed by atoms with Crippen molar-refractivity contribution in [3.8, 4) is 16.9 Å². The minimum absolute atomic E-state index is 0.0243. The fourth-order valence-corrected chi connectivity index (χ4v) is 5.64. The van der Waals surface area contributed by atoms with Crippen molar-refractivity contribution in [3.05, 3.63) is 65.1 Å². The van der Waals surface area contributed by atoms with Gasteiger partial charge in [-0.25, -0.2) is 9.97 Å². The fourth-order valence-electron chi connectivity index (χ4n) is 5.64. The average molecular weight is 527 g/mol. The smallest absolute Gasteiger partial charge is 0.230 e. The lowest BCUT2D eigenvalue weighted by Gasteiger charge is -2.35. The van der Waals surface area contributed by atoms with E-state index < -0.39 is 11.7 Å². The first-order valence-electron chi connectivity index (χ1n) is 13.6. The van der Waals surface area contributed by atoms with Crippen molar-refractivity contribution >= 4 is 28.3 Å². The highest BCUT2D eigenvalue weighted by atomic mass is 16.5. The van der Waals surface area contributed by atoms with Gasteiger partial charge in [0.05, 0.1) is 35.8 Å². The third-order valence-electron chi connectivity index (χ3n) is 7.25. The maximum absolute atomic E-state index is 13.3. The fraction of sp³-hybridized carbons (Fsp3) is 0.406. The molecule has 5 rings (SSSR count). The monoisotopic (exact) mass is 526 g/mol. The first-order chi connectivity index (χ1) is 18.5. The van der Waals surface area contributed by atoms with Crippen molar-refractivity contribution in [1.82, 2.24) is 14.5 Å². The molecule has 2 aromatic heterocycles. The van der Waals surface area contributed by atoms with Crippen LogP contribution in [0.25, 0.3) is 22.0 Å². The number of benzene rings is 2. The zero-order valence-electron chi connectivity index (χ0n) is 24.3. The molecule has 0 fully saturated rings. The number of aryl methyl sites for hydroxylation is 2. The Morgan fingerprint density at radius 2 is 1.72 bits per heavy atom. The number of ketones is 1. The van der Waals surface area contributed by atoms with Gasteiger partial charge in [0.15, 0.2) is 11.5 Å². The van der Waals surface area contributed by atoms with Crippen LogP contribution in [0.3, 0.4) is 0 Å². The number of anilines is 2. The zero-order chi connectivity index (χ0) is 28.1. The summed E-state index contributed by atoms with van der Waals surface area (Å²) in [6.45, 7) is 17.9. The van der Waals surface area contributed by atoms with Crippen LogP contribution in [-0.2, 0) is 16.1 Å². The molecule has 1 aliphatic heterocycles. The highest BCUT2D eigenvalue weighted by Gasteiger charge is 2.35. The van der Waals surface area contributed by atoms with Crippen LogP contribution in [0, 0.1) is 20.8 Å². The summed E-state index contributed by atoms with van der Waals surface area (Å²) in [7, 11) is 0. The van der Waals surface area contributed by atoms with Gasteiger partial charge in [-0.3, -0.25) is 4.79 Å². The quantitative estimate of drug-likeness (QED) is 0.258. The number of carbonyl (C=O) groups excluding carboxylic acids is 1. The van der Waals surface area contributed by atoms with Gasteiger partial charge in [0, 0.05) is 29.7 Å². The molecule has 0 amide bonds. The summed E-state index contributed by atoms with van der Waals surface area (Å²) in [4.78, 5) is 24.8. The maximum atomic E-state index is 13.3. The second-order valence-electron chi connectivity index (χ2n) is 11.4. The van der Waals surface area contributed by atoms with Crippen molar-refractivity contribution in [1.29, 1.82) is 0 Å². The van der Waals surface area contributed by atoms with Crippen LogP contribution in [0.4, 0.5) is 11.6 Å². The van der Waals surface area contributed by atoms with E-state index in [0.717, 1.165) is 45.4 Å². The molecular formula is C32H38N4O3. The number of nitrogens with zero attached hydrogens (tertiary/aromatic N) is 4. The Morgan fingerprint density at radius 1 is 1.05 bits per heavy atom. The van der Waals surface area contributed by atoms with Crippen molar-refractivity contribution in [2.75, 3.05) is 18.1 Å². The normalized spacial score (nSPS) is 14.1. The zero-order valence-corrected chi connectivity index (χ0v) is 24.3. The molecule has 0 aliphatic carbocycles. The van der Waals surface area contributed by atoms with Gasteiger partial charge in [-0.1, -0.05) is 29.8 Å². The molecule has 1 aliphatic rings. The van der Waals surface area contributed by atoms with E-state index in [1.807, 2.05) is 27.7 Å². The van der Waals surface area contributed by atoms with Crippen LogP contribution in [0.5, 0.6) is 5.75 Å². The second kappa shape index (κ2) is 10.1. The van der Waals surface area contributed by atoms with Gasteiger partial charge in [-0.15, -0.1) is 0 Å². The van der Waals surface area contributed by atoms with E-state index in [9.17, 15) is 4.79 Å². The van der Waals surface area contributed by atoms with Gasteiger partial charge in [0.2, 0.25) is 5.95 Å². The summed E-state index contributed by atoms with van der Waals surface area (Å²) >= 11 is 0. The minimum atomic E-state index is -0.726. The molecule has 39 heavy (non-hydrogen) atoms. The highest BCUT2D eigenvalue weighted by molar-refractivity contribution is 6.08. The Kier molecular flexibility index (Phi) is 6.97. The van der Waals surface area contributed by atoms with E-state index in [1.54, 1.807) is 19.3 Å². The lowest BCUT2D eigenvalue weighted by molar-refractivity contribution is -0.138. The molecule has 2 aromatic carbocycles. The van der Waals surface area contributed by atoms with Crippen molar-refractivity contribution < 1.29 is 14.3 Å². The Bertz CT molecular complexity index is 1530. The third kappa shape index (κ3) is 4.91. The third-order valence-corrected chi connectivity index (χ3v) is 7.25. The van der Waals surface area contributed by atoms with E-state index in [4.69, 9.17) is 9.47 Å². The second-order valence-corrected chi connectivity index (χ2v) is 11.4. The largest absolute Gasteiger partial charge is 0.491 e. The van der Waals surface area contributed by atoms with Crippen LogP contribution >= 0.6 is 0 Å². The van der Waals surface area contributed by atoms with E-state index >= 15 is 0 Å². The van der Waals surface area contributed by atoms with Crippen LogP contribution < -0.4 is 9.64 Å². The molecule has 0 saturated carbocycles. The standard InChI is InChI=1S/C32H38N4O3/c1-9-38-24-17-33-31(34-18-24)36-15-14-35-20(3)16-25-27(23-12-10-19(2)11-13-23)26(21(4)28(36)29(25)35)30(22(5)37)39-32(6,7)8/h10-13,16-18,30H,9,14-15H2,1-8H3/t30-/m1/s1. The van der Waals surface area contributed by atoms with Gasteiger partial charge >= 0.3 is 0 Å². The van der Waals surface area contributed by atoms with Gasteiger partial charge in [0.25, 0.3) is 0 Å². The molecule has 7 nitrogen and oxygen atoms in total. The van der Waals surface area contributed by atoms with Crippen molar-refractivity contribution in [3.63, 3.8) is 0 Å². The van der Waals surface area contributed by atoms with Gasteiger partial charge in [-0.05, 0) is 78.1 Å². The number of aromatic nitrogens is 3. The van der Waals surface area contributed by atoms with E-state index in [-0.39, 0.29) is 5.78 Å². The molecule has 0 saturated heterocycles. The Hall–Kier alpha value is -3.71. The lowest BCUT2D eigenvalue weighted by atomic mass is 9.86. The van der Waals surface area contributed by atoms with E-state index in [1.165, 1.54) is 11.3 Å². The Morgan fingerprint density at radius 3 is 2.31 bits per heavy atom. The average Bonchev–Trinajstić information content (AvgIpc) is 3.22. The number of hydrogen-bond acceptors (Lipinski definition) is 6. The predicted octanol–water partition coefficient (Wildman–Crippen LogP) is 7.02. The number of ether oxygens (including phenoxy) is 2. The molecule has 3 heterocycles. The predicted molar refractivity (Wildman–Crippen MR) is 156 cm³/mol. The first-order valence-corrected chi connectivity index (χ1v) is 13.6. The molecule has 1 atom stereocenters. The number of carbonyl (C=O) groups is 1. The van der Waals surface area contributed by atoms with Gasteiger partial charge in [0.1, 0.15) is 6.10 Å². The SMILES string of the molecule is CCOc1cnc(N2CCn3c(C)cc4c(-c5ccc(C)cc5)c([C@H](OC(C)(C)C)C(C)=O)c(C)c2c43)nc1. The first kappa shape index (κ1) is 26.9. The molecule has 0 N–H and O–H groups in total. The molecule has 204 valence electrons. The number of hydrogen-bond donors (Lipinski definition) is 0. The van der Waals surface area contributed by atoms with Crippen LogP contribution in [-0.4, -0.2) is 39.1 Å². The summed E-state index contributed by atoms with van der Waals surface area (Å²) in [6, 6.07) is 10.8. The highest BCUT2D eigenvalue weighted by Crippen LogP contribution is 2.49. The van der Waals surface area contributed by atoms with E-state index in [2.05, 4.69) is 70.5 Å².